The Balaban J connectivity index is 1.33. The number of carbonyl (C=O) groups is 1. The first-order valence-corrected chi connectivity index (χ1v) is 11.0. The Kier molecular flexibility index (Phi) is 6.56. The molecule has 0 radical (unpaired) electrons. The summed E-state index contributed by atoms with van der Waals surface area (Å²) >= 11 is 6.01. The molecule has 0 spiro atoms. The molecule has 1 saturated carbocycles. The number of aromatic nitrogens is 2. The van der Waals surface area contributed by atoms with Crippen LogP contribution in [0.15, 0.2) is 53.1 Å². The Bertz CT molecular complexity index is 1010. The van der Waals surface area contributed by atoms with Crippen LogP contribution in [0.25, 0.3) is 11.4 Å². The molecular weight excluding hydrogens is 414 g/mol. The molecule has 1 heterocycles. The fourth-order valence-corrected chi connectivity index (χ4v) is 3.85. The number of hydrogen-bond acceptors (Lipinski definition) is 5. The van der Waals surface area contributed by atoms with Crippen molar-refractivity contribution in [3.8, 4) is 17.1 Å². The molecule has 7 heteroatoms. The van der Waals surface area contributed by atoms with Crippen LogP contribution in [0.1, 0.15) is 50.1 Å². The summed E-state index contributed by atoms with van der Waals surface area (Å²) in [5, 5.41) is 4.76. The predicted octanol–water partition coefficient (Wildman–Crippen LogP) is 5.47. The first kappa shape index (κ1) is 21.4. The van der Waals surface area contributed by atoms with Gasteiger partial charge in [0.15, 0.2) is 0 Å². The van der Waals surface area contributed by atoms with E-state index in [0.717, 1.165) is 29.7 Å². The van der Waals surface area contributed by atoms with Gasteiger partial charge < -0.3 is 14.2 Å². The van der Waals surface area contributed by atoms with Crippen molar-refractivity contribution >= 4 is 17.5 Å². The monoisotopic (exact) mass is 439 g/mol. The number of nitrogens with zero attached hydrogens (tertiary/aromatic N) is 3. The number of amides is 1. The number of hydrogen-bond donors (Lipinski definition) is 0. The number of methoxy groups -OCH3 is 1. The second-order valence-electron chi connectivity index (χ2n) is 7.85. The minimum absolute atomic E-state index is 0.0299. The molecule has 2 aromatic carbocycles. The predicted molar refractivity (Wildman–Crippen MR) is 119 cm³/mol. The van der Waals surface area contributed by atoms with Gasteiger partial charge in [0.1, 0.15) is 5.75 Å². The zero-order valence-corrected chi connectivity index (χ0v) is 18.5. The molecule has 1 aliphatic carbocycles. The number of benzene rings is 2. The van der Waals surface area contributed by atoms with Crippen LogP contribution in [-0.4, -0.2) is 34.1 Å². The first-order chi connectivity index (χ1) is 15.0. The van der Waals surface area contributed by atoms with Crippen molar-refractivity contribution < 1.29 is 14.1 Å². The van der Waals surface area contributed by atoms with Gasteiger partial charge in [-0.15, -0.1) is 0 Å². The second kappa shape index (κ2) is 9.52. The summed E-state index contributed by atoms with van der Waals surface area (Å²) in [4.78, 5) is 19.5. The van der Waals surface area contributed by atoms with E-state index in [1.165, 1.54) is 0 Å². The van der Waals surface area contributed by atoms with Gasteiger partial charge in [0.25, 0.3) is 0 Å². The highest BCUT2D eigenvalue weighted by Crippen LogP contribution is 2.35. The van der Waals surface area contributed by atoms with E-state index in [0.29, 0.717) is 42.0 Å². The summed E-state index contributed by atoms with van der Waals surface area (Å²) in [6, 6.07) is 15.6. The molecule has 0 bridgehead atoms. The highest BCUT2D eigenvalue weighted by molar-refractivity contribution is 6.30. The maximum Gasteiger partial charge on any atom is 0.226 e. The Hall–Kier alpha value is -2.86. The van der Waals surface area contributed by atoms with Crippen LogP contribution < -0.4 is 4.74 Å². The third kappa shape index (κ3) is 5.25. The maximum absolute atomic E-state index is 13.0. The molecule has 1 unspecified atom stereocenters. The standard InChI is InChI=1S/C24H26ClN3O3/c1-16(17-6-10-19(25)11-7-17)28(20-12-13-20)23(29)5-3-4-22-26-24(27-31-22)18-8-14-21(30-2)15-9-18/h6-11,14-16,20H,3-5,12-13H2,1-2H3. The van der Waals surface area contributed by atoms with Gasteiger partial charge in [-0.1, -0.05) is 28.9 Å². The lowest BCUT2D eigenvalue weighted by atomic mass is 10.1. The van der Waals surface area contributed by atoms with Crippen LogP contribution in [0.3, 0.4) is 0 Å². The lowest BCUT2D eigenvalue weighted by molar-refractivity contribution is -0.134. The Morgan fingerprint density at radius 3 is 2.55 bits per heavy atom. The van der Waals surface area contributed by atoms with Crippen LogP contribution in [0.4, 0.5) is 0 Å². The van der Waals surface area contributed by atoms with Crippen molar-refractivity contribution in [2.75, 3.05) is 7.11 Å². The lowest BCUT2D eigenvalue weighted by Crippen LogP contribution is -2.35. The number of aryl methyl sites for hydroxylation is 1. The maximum atomic E-state index is 13.0. The van der Waals surface area contributed by atoms with Gasteiger partial charge >= 0.3 is 0 Å². The number of carbonyl (C=O) groups excluding carboxylic acids is 1. The van der Waals surface area contributed by atoms with E-state index < -0.39 is 0 Å². The molecule has 1 atom stereocenters. The Morgan fingerprint density at radius 2 is 1.90 bits per heavy atom. The zero-order chi connectivity index (χ0) is 21.8. The van der Waals surface area contributed by atoms with Crippen LogP contribution in [0.5, 0.6) is 5.75 Å². The third-order valence-corrected chi connectivity index (χ3v) is 5.85. The SMILES string of the molecule is COc1ccc(-c2noc(CCCC(=O)N(C3CC3)C(C)c3ccc(Cl)cc3)n2)cc1. The fourth-order valence-electron chi connectivity index (χ4n) is 3.72. The van der Waals surface area contributed by atoms with Crippen LogP contribution in [0.2, 0.25) is 5.02 Å². The van der Waals surface area contributed by atoms with E-state index in [1.807, 2.05) is 53.4 Å². The van der Waals surface area contributed by atoms with Crippen molar-refractivity contribution in [3.63, 3.8) is 0 Å². The highest BCUT2D eigenvalue weighted by atomic mass is 35.5. The van der Waals surface area contributed by atoms with Gasteiger partial charge in [-0.05, 0) is 68.1 Å². The third-order valence-electron chi connectivity index (χ3n) is 5.60. The highest BCUT2D eigenvalue weighted by Gasteiger charge is 2.35. The average molecular weight is 440 g/mol. The molecule has 1 aromatic heterocycles. The molecule has 0 N–H and O–H groups in total. The van der Waals surface area contributed by atoms with Crippen LogP contribution in [0, 0.1) is 0 Å². The second-order valence-corrected chi connectivity index (χ2v) is 8.29. The van der Waals surface area contributed by atoms with E-state index in [1.54, 1.807) is 7.11 Å². The summed E-state index contributed by atoms with van der Waals surface area (Å²) in [7, 11) is 1.63. The topological polar surface area (TPSA) is 68.5 Å². The number of halogens is 1. The Labute approximate surface area is 187 Å². The van der Waals surface area contributed by atoms with E-state index in [2.05, 4.69) is 17.1 Å². The van der Waals surface area contributed by atoms with Crippen LogP contribution >= 0.6 is 11.6 Å². The Morgan fingerprint density at radius 1 is 1.19 bits per heavy atom. The summed E-state index contributed by atoms with van der Waals surface area (Å²) in [5.41, 5.74) is 1.97. The minimum Gasteiger partial charge on any atom is -0.497 e. The van der Waals surface area contributed by atoms with Crippen molar-refractivity contribution in [3.05, 3.63) is 65.0 Å². The smallest absolute Gasteiger partial charge is 0.226 e. The number of rotatable bonds is 9. The van der Waals surface area contributed by atoms with Gasteiger partial charge in [0.05, 0.1) is 13.2 Å². The molecule has 31 heavy (non-hydrogen) atoms. The largest absolute Gasteiger partial charge is 0.497 e. The van der Waals surface area contributed by atoms with Gasteiger partial charge in [-0.3, -0.25) is 4.79 Å². The van der Waals surface area contributed by atoms with Crippen molar-refractivity contribution in [2.45, 2.75) is 51.1 Å². The van der Waals surface area contributed by atoms with E-state index in [4.69, 9.17) is 20.9 Å². The molecule has 4 rings (SSSR count). The molecule has 0 aliphatic heterocycles. The van der Waals surface area contributed by atoms with Gasteiger partial charge in [-0.2, -0.15) is 4.98 Å². The average Bonchev–Trinajstić information content (AvgIpc) is 3.50. The van der Waals surface area contributed by atoms with Crippen LogP contribution in [-0.2, 0) is 11.2 Å². The minimum atomic E-state index is 0.0299. The fraction of sp³-hybridized carbons (Fsp3) is 0.375. The molecule has 6 nitrogen and oxygen atoms in total. The van der Waals surface area contributed by atoms with Gasteiger partial charge in [0.2, 0.25) is 17.6 Å². The summed E-state index contributed by atoms with van der Waals surface area (Å²) in [6.07, 6.45) is 3.83. The van der Waals surface area contributed by atoms with Gasteiger partial charge in [-0.25, -0.2) is 0 Å². The first-order valence-electron chi connectivity index (χ1n) is 10.6. The lowest BCUT2D eigenvalue weighted by Gasteiger charge is -2.30. The van der Waals surface area contributed by atoms with Crippen molar-refractivity contribution in [1.29, 1.82) is 0 Å². The van der Waals surface area contributed by atoms with E-state index in [-0.39, 0.29) is 11.9 Å². The summed E-state index contributed by atoms with van der Waals surface area (Å²) < 4.78 is 10.5. The van der Waals surface area contributed by atoms with Crippen molar-refractivity contribution in [1.82, 2.24) is 15.0 Å². The molecular formula is C24H26ClN3O3. The number of ether oxygens (including phenoxy) is 1. The molecule has 1 fully saturated rings. The van der Waals surface area contributed by atoms with E-state index >= 15 is 0 Å². The molecule has 3 aromatic rings. The molecule has 162 valence electrons. The molecule has 0 saturated heterocycles. The normalized spacial score (nSPS) is 14.3. The quantitative estimate of drug-likeness (QED) is 0.442. The summed E-state index contributed by atoms with van der Waals surface area (Å²) in [5.74, 6) is 2.03. The molecule has 1 amide bonds. The van der Waals surface area contributed by atoms with Gasteiger partial charge in [0, 0.05) is 29.5 Å². The molecule has 1 aliphatic rings. The summed E-state index contributed by atoms with van der Waals surface area (Å²) in [6.45, 7) is 2.08. The van der Waals surface area contributed by atoms with E-state index in [9.17, 15) is 4.79 Å². The van der Waals surface area contributed by atoms with Crippen molar-refractivity contribution in [2.24, 2.45) is 0 Å². The zero-order valence-electron chi connectivity index (χ0n) is 17.8.